The number of phenolic OH excluding ortho intramolecular Hbond substituents is 1. The fourth-order valence-electron chi connectivity index (χ4n) is 1.11. The standard InChI is InChI=1S/C12H13NO3/c1-13-7-3-2-4-9-8-10(12(15)16)5-6-11(9)14/h5-6,8,13-14H,3,7H2,1H3,(H,15,16). The van der Waals surface area contributed by atoms with E-state index in [2.05, 4.69) is 17.2 Å². The van der Waals surface area contributed by atoms with E-state index in [1.807, 2.05) is 7.05 Å². The minimum absolute atomic E-state index is 0.00181. The molecule has 0 fully saturated rings. The van der Waals surface area contributed by atoms with E-state index in [1.165, 1.54) is 18.2 Å². The van der Waals surface area contributed by atoms with Crippen LogP contribution in [0.25, 0.3) is 0 Å². The zero-order chi connectivity index (χ0) is 12.0. The van der Waals surface area contributed by atoms with Crippen LogP contribution >= 0.6 is 0 Å². The van der Waals surface area contributed by atoms with Gasteiger partial charge >= 0.3 is 5.97 Å². The summed E-state index contributed by atoms with van der Waals surface area (Å²) in [6.07, 6.45) is 0.646. The molecule has 0 heterocycles. The summed E-state index contributed by atoms with van der Waals surface area (Å²) >= 11 is 0. The molecule has 1 rings (SSSR count). The summed E-state index contributed by atoms with van der Waals surface area (Å²) in [6, 6.07) is 4.05. The first-order valence-electron chi connectivity index (χ1n) is 4.85. The second kappa shape index (κ2) is 5.79. The number of phenols is 1. The average molecular weight is 219 g/mol. The number of hydrogen-bond donors (Lipinski definition) is 3. The molecule has 0 radical (unpaired) electrons. The van der Waals surface area contributed by atoms with Crippen LogP contribution in [0.1, 0.15) is 22.3 Å². The normalized spacial score (nSPS) is 9.31. The number of hydrogen-bond acceptors (Lipinski definition) is 3. The topological polar surface area (TPSA) is 69.6 Å². The highest BCUT2D eigenvalue weighted by Crippen LogP contribution is 2.17. The van der Waals surface area contributed by atoms with Crippen LogP contribution in [0.2, 0.25) is 0 Å². The van der Waals surface area contributed by atoms with Crippen LogP contribution in [-0.2, 0) is 0 Å². The Morgan fingerprint density at radius 1 is 1.50 bits per heavy atom. The molecule has 0 saturated carbocycles. The summed E-state index contributed by atoms with van der Waals surface area (Å²) in [5, 5.41) is 21.2. The lowest BCUT2D eigenvalue weighted by atomic mass is 10.1. The van der Waals surface area contributed by atoms with Crippen LogP contribution in [-0.4, -0.2) is 29.8 Å². The highest BCUT2D eigenvalue weighted by atomic mass is 16.4. The minimum Gasteiger partial charge on any atom is -0.507 e. The fourth-order valence-corrected chi connectivity index (χ4v) is 1.11. The molecule has 0 atom stereocenters. The maximum atomic E-state index is 10.7. The molecule has 16 heavy (non-hydrogen) atoms. The molecule has 1 aromatic carbocycles. The van der Waals surface area contributed by atoms with E-state index in [0.29, 0.717) is 12.0 Å². The molecule has 4 nitrogen and oxygen atoms in total. The molecular formula is C12H13NO3. The molecule has 0 aliphatic heterocycles. The number of nitrogens with one attached hydrogen (secondary N) is 1. The SMILES string of the molecule is CNCCC#Cc1cc(C(=O)O)ccc1O. The second-order valence-electron chi connectivity index (χ2n) is 3.19. The first-order valence-corrected chi connectivity index (χ1v) is 4.85. The Morgan fingerprint density at radius 2 is 2.25 bits per heavy atom. The third kappa shape index (κ3) is 3.30. The Kier molecular flexibility index (Phi) is 4.37. The average Bonchev–Trinajstić information content (AvgIpc) is 2.26. The Labute approximate surface area is 93.9 Å². The summed E-state index contributed by atoms with van der Waals surface area (Å²) in [6.45, 7) is 0.756. The summed E-state index contributed by atoms with van der Waals surface area (Å²) in [5.41, 5.74) is 0.465. The van der Waals surface area contributed by atoms with Crippen molar-refractivity contribution in [1.82, 2.24) is 5.32 Å². The van der Waals surface area contributed by atoms with E-state index in [1.54, 1.807) is 0 Å². The predicted octanol–water partition coefficient (Wildman–Crippen LogP) is 1.05. The number of carbonyl (C=O) groups is 1. The number of carboxylic acid groups (broad SMARTS) is 1. The maximum Gasteiger partial charge on any atom is 0.335 e. The van der Waals surface area contributed by atoms with Crippen molar-refractivity contribution in [3.8, 4) is 17.6 Å². The first kappa shape index (κ1) is 12.1. The Hall–Kier alpha value is -1.99. The van der Waals surface area contributed by atoms with Crippen LogP contribution in [0.5, 0.6) is 5.75 Å². The Balaban J connectivity index is 2.88. The molecule has 0 aliphatic carbocycles. The number of benzene rings is 1. The summed E-state index contributed by atoms with van der Waals surface area (Å²) in [5.74, 6) is 4.56. The van der Waals surface area contributed by atoms with E-state index in [-0.39, 0.29) is 11.3 Å². The van der Waals surface area contributed by atoms with Gasteiger partial charge in [-0.2, -0.15) is 0 Å². The molecule has 3 N–H and O–H groups in total. The van der Waals surface area contributed by atoms with E-state index in [9.17, 15) is 9.90 Å². The zero-order valence-corrected chi connectivity index (χ0v) is 8.95. The molecule has 84 valence electrons. The fraction of sp³-hybridized carbons (Fsp3) is 0.250. The molecule has 0 aliphatic rings. The van der Waals surface area contributed by atoms with Crippen LogP contribution in [0.4, 0.5) is 0 Å². The van der Waals surface area contributed by atoms with Gasteiger partial charge in [0.05, 0.1) is 11.1 Å². The van der Waals surface area contributed by atoms with Crippen molar-refractivity contribution >= 4 is 5.97 Å². The van der Waals surface area contributed by atoms with Gasteiger partial charge in [-0.1, -0.05) is 11.8 Å². The zero-order valence-electron chi connectivity index (χ0n) is 8.95. The number of aromatic carboxylic acids is 1. The third-order valence-corrected chi connectivity index (χ3v) is 1.97. The molecular weight excluding hydrogens is 206 g/mol. The molecule has 0 spiro atoms. The number of carboxylic acids is 1. The Morgan fingerprint density at radius 3 is 2.88 bits per heavy atom. The highest BCUT2D eigenvalue weighted by Gasteiger charge is 2.05. The molecule has 4 heteroatoms. The van der Waals surface area contributed by atoms with Gasteiger partial charge in [0, 0.05) is 13.0 Å². The van der Waals surface area contributed by atoms with Crippen LogP contribution < -0.4 is 5.32 Å². The number of aromatic hydroxyl groups is 1. The molecule has 0 amide bonds. The van der Waals surface area contributed by atoms with Crippen molar-refractivity contribution in [1.29, 1.82) is 0 Å². The smallest absolute Gasteiger partial charge is 0.335 e. The summed E-state index contributed by atoms with van der Waals surface area (Å²) in [7, 11) is 1.82. The summed E-state index contributed by atoms with van der Waals surface area (Å²) in [4.78, 5) is 10.7. The van der Waals surface area contributed by atoms with Crippen LogP contribution in [0, 0.1) is 11.8 Å². The van der Waals surface area contributed by atoms with E-state index < -0.39 is 5.97 Å². The third-order valence-electron chi connectivity index (χ3n) is 1.97. The van der Waals surface area contributed by atoms with Gasteiger partial charge in [-0.3, -0.25) is 0 Å². The lowest BCUT2D eigenvalue weighted by Gasteiger charge is -1.98. The highest BCUT2D eigenvalue weighted by molar-refractivity contribution is 5.88. The van der Waals surface area contributed by atoms with Crippen molar-refractivity contribution in [2.45, 2.75) is 6.42 Å². The molecule has 0 saturated heterocycles. The Bertz CT molecular complexity index is 443. The molecule has 0 aromatic heterocycles. The minimum atomic E-state index is -1.03. The van der Waals surface area contributed by atoms with Crippen molar-refractivity contribution in [2.75, 3.05) is 13.6 Å². The second-order valence-corrected chi connectivity index (χ2v) is 3.19. The molecule has 0 unspecified atom stereocenters. The lowest BCUT2D eigenvalue weighted by Crippen LogP contribution is -2.05. The van der Waals surface area contributed by atoms with Crippen LogP contribution in [0.15, 0.2) is 18.2 Å². The number of rotatable bonds is 3. The predicted molar refractivity (Wildman–Crippen MR) is 60.5 cm³/mol. The van der Waals surface area contributed by atoms with Gasteiger partial charge in [0.1, 0.15) is 5.75 Å². The summed E-state index contributed by atoms with van der Waals surface area (Å²) < 4.78 is 0. The monoisotopic (exact) mass is 219 g/mol. The lowest BCUT2D eigenvalue weighted by molar-refractivity contribution is 0.0697. The van der Waals surface area contributed by atoms with Crippen molar-refractivity contribution in [2.24, 2.45) is 0 Å². The van der Waals surface area contributed by atoms with Gasteiger partial charge in [-0.25, -0.2) is 4.79 Å². The first-order chi connectivity index (χ1) is 7.65. The van der Waals surface area contributed by atoms with E-state index >= 15 is 0 Å². The quantitative estimate of drug-likeness (QED) is 0.525. The van der Waals surface area contributed by atoms with E-state index in [0.717, 1.165) is 6.54 Å². The molecule has 1 aromatic rings. The van der Waals surface area contributed by atoms with Gasteiger partial charge in [0.25, 0.3) is 0 Å². The van der Waals surface area contributed by atoms with Gasteiger partial charge < -0.3 is 15.5 Å². The molecule has 0 bridgehead atoms. The maximum absolute atomic E-state index is 10.7. The van der Waals surface area contributed by atoms with Gasteiger partial charge in [-0.05, 0) is 25.2 Å². The van der Waals surface area contributed by atoms with Gasteiger partial charge in [-0.15, -0.1) is 0 Å². The van der Waals surface area contributed by atoms with Crippen molar-refractivity contribution < 1.29 is 15.0 Å². The van der Waals surface area contributed by atoms with Crippen molar-refractivity contribution in [3.63, 3.8) is 0 Å². The van der Waals surface area contributed by atoms with Crippen molar-refractivity contribution in [3.05, 3.63) is 29.3 Å². The van der Waals surface area contributed by atoms with E-state index in [4.69, 9.17) is 5.11 Å². The largest absolute Gasteiger partial charge is 0.507 e. The van der Waals surface area contributed by atoms with Gasteiger partial charge in [0.2, 0.25) is 0 Å². The van der Waals surface area contributed by atoms with Gasteiger partial charge in [0.15, 0.2) is 0 Å². The van der Waals surface area contributed by atoms with Crippen LogP contribution in [0.3, 0.4) is 0 Å².